The molecule has 0 saturated carbocycles. The molecule has 0 saturated heterocycles. The van der Waals surface area contributed by atoms with E-state index in [0.717, 1.165) is 11.3 Å². The highest BCUT2D eigenvalue weighted by atomic mass is 16.3. The summed E-state index contributed by atoms with van der Waals surface area (Å²) in [6, 6.07) is 16.1. The average Bonchev–Trinajstić information content (AvgIpc) is 3.28. The Labute approximate surface area is 177 Å². The summed E-state index contributed by atoms with van der Waals surface area (Å²) in [6.45, 7) is 1.79. The normalized spacial score (nSPS) is 12.0. The highest BCUT2D eigenvalue weighted by Gasteiger charge is 2.17. The molecular formula is C23H22N4O4. The number of carbonyl (C=O) groups is 1. The number of pyridine rings is 1. The van der Waals surface area contributed by atoms with E-state index in [9.17, 15) is 14.4 Å². The van der Waals surface area contributed by atoms with Crippen LogP contribution >= 0.6 is 0 Å². The van der Waals surface area contributed by atoms with E-state index in [1.807, 2.05) is 43.3 Å². The molecule has 3 aromatic heterocycles. The van der Waals surface area contributed by atoms with Crippen molar-refractivity contribution < 1.29 is 9.21 Å². The Morgan fingerprint density at radius 3 is 2.55 bits per heavy atom. The van der Waals surface area contributed by atoms with E-state index in [2.05, 4.69) is 10.3 Å². The summed E-state index contributed by atoms with van der Waals surface area (Å²) in [6.07, 6.45) is 3.66. The molecule has 1 aromatic carbocycles. The van der Waals surface area contributed by atoms with Crippen LogP contribution in [0.15, 0.2) is 81.1 Å². The van der Waals surface area contributed by atoms with Crippen LogP contribution in [-0.4, -0.2) is 26.1 Å². The van der Waals surface area contributed by atoms with Gasteiger partial charge in [0.1, 0.15) is 12.3 Å². The quantitative estimate of drug-likeness (QED) is 0.463. The molecule has 158 valence electrons. The fraction of sp³-hybridized carbons (Fsp3) is 0.217. The molecule has 0 spiro atoms. The smallest absolute Gasteiger partial charge is 0.318 e. The number of carbonyl (C=O) groups excluding carboxylic acids is 1. The summed E-state index contributed by atoms with van der Waals surface area (Å²) in [5.74, 6) is 0.384. The van der Waals surface area contributed by atoms with Gasteiger partial charge in [-0.1, -0.05) is 30.3 Å². The number of nitrogens with one attached hydrogen (secondary N) is 1. The standard InChI is InChI=1S/C23H22N4O4/c1-16(13-18-9-6-12-31-18)25-20(28)15-26-19-10-5-11-24-21(19)27(23(30)22(26)29)14-17-7-3-2-4-8-17/h2-12,16H,13-15H2,1H3,(H,25,28)/t16-/m0/s1. The lowest BCUT2D eigenvalue weighted by atomic mass is 10.2. The van der Waals surface area contributed by atoms with E-state index in [1.54, 1.807) is 30.7 Å². The maximum atomic E-state index is 12.9. The summed E-state index contributed by atoms with van der Waals surface area (Å²) in [4.78, 5) is 42.7. The van der Waals surface area contributed by atoms with Gasteiger partial charge >= 0.3 is 11.1 Å². The Hall–Kier alpha value is -3.94. The Kier molecular flexibility index (Phi) is 5.79. The van der Waals surface area contributed by atoms with Crippen molar-refractivity contribution in [1.82, 2.24) is 19.4 Å². The van der Waals surface area contributed by atoms with E-state index >= 15 is 0 Å². The largest absolute Gasteiger partial charge is 0.469 e. The lowest BCUT2D eigenvalue weighted by Crippen LogP contribution is -2.45. The maximum Gasteiger partial charge on any atom is 0.318 e. The second kappa shape index (κ2) is 8.83. The van der Waals surface area contributed by atoms with Crippen molar-refractivity contribution in [3.8, 4) is 0 Å². The number of furan rings is 1. The van der Waals surface area contributed by atoms with Crippen LogP contribution in [-0.2, 0) is 24.3 Å². The minimum atomic E-state index is -0.759. The molecule has 1 N–H and O–H groups in total. The van der Waals surface area contributed by atoms with Gasteiger partial charge in [-0.3, -0.25) is 23.5 Å². The van der Waals surface area contributed by atoms with E-state index in [1.165, 1.54) is 9.13 Å². The molecule has 8 heteroatoms. The van der Waals surface area contributed by atoms with Crippen LogP contribution in [0, 0.1) is 0 Å². The Morgan fingerprint density at radius 2 is 1.81 bits per heavy atom. The molecule has 8 nitrogen and oxygen atoms in total. The Morgan fingerprint density at radius 1 is 1.03 bits per heavy atom. The van der Waals surface area contributed by atoms with Crippen LogP contribution in [0.25, 0.3) is 11.2 Å². The van der Waals surface area contributed by atoms with Gasteiger partial charge in [-0.2, -0.15) is 0 Å². The van der Waals surface area contributed by atoms with Crippen LogP contribution in [0.1, 0.15) is 18.2 Å². The summed E-state index contributed by atoms with van der Waals surface area (Å²) in [7, 11) is 0. The molecular weight excluding hydrogens is 396 g/mol. The third kappa shape index (κ3) is 4.48. The second-order valence-electron chi connectivity index (χ2n) is 7.37. The third-order valence-electron chi connectivity index (χ3n) is 4.97. The maximum absolute atomic E-state index is 12.9. The molecule has 0 bridgehead atoms. The molecule has 0 radical (unpaired) electrons. The van der Waals surface area contributed by atoms with E-state index in [-0.39, 0.29) is 25.0 Å². The van der Waals surface area contributed by atoms with Crippen molar-refractivity contribution >= 4 is 17.1 Å². The number of amides is 1. The molecule has 3 heterocycles. The van der Waals surface area contributed by atoms with Gasteiger partial charge in [0.05, 0.1) is 18.3 Å². The zero-order valence-electron chi connectivity index (χ0n) is 17.0. The Bertz CT molecular complexity index is 1310. The number of hydrogen-bond acceptors (Lipinski definition) is 5. The van der Waals surface area contributed by atoms with Gasteiger partial charge in [0.25, 0.3) is 0 Å². The number of nitrogens with zero attached hydrogens (tertiary/aromatic N) is 3. The zero-order chi connectivity index (χ0) is 21.8. The first kappa shape index (κ1) is 20.3. The zero-order valence-corrected chi connectivity index (χ0v) is 17.0. The number of rotatable bonds is 7. The van der Waals surface area contributed by atoms with E-state index in [0.29, 0.717) is 17.6 Å². The SMILES string of the molecule is C[C@@H](Cc1ccco1)NC(=O)Cn1c(=O)c(=O)n(Cc2ccccc2)c2ncccc21. The highest BCUT2D eigenvalue weighted by molar-refractivity contribution is 5.79. The minimum absolute atomic E-state index is 0.197. The lowest BCUT2D eigenvalue weighted by molar-refractivity contribution is -0.122. The fourth-order valence-electron chi connectivity index (χ4n) is 3.56. The first-order valence-electron chi connectivity index (χ1n) is 9.97. The number of hydrogen-bond donors (Lipinski definition) is 1. The third-order valence-corrected chi connectivity index (χ3v) is 4.97. The molecule has 0 unspecified atom stereocenters. The van der Waals surface area contributed by atoms with Gasteiger partial charge in [-0.15, -0.1) is 0 Å². The summed E-state index contributed by atoms with van der Waals surface area (Å²) < 4.78 is 7.83. The van der Waals surface area contributed by atoms with Gasteiger partial charge in [0, 0.05) is 18.7 Å². The van der Waals surface area contributed by atoms with Gasteiger partial charge in [-0.25, -0.2) is 4.98 Å². The summed E-state index contributed by atoms with van der Waals surface area (Å²) >= 11 is 0. The molecule has 1 amide bonds. The first-order valence-corrected chi connectivity index (χ1v) is 9.97. The molecule has 0 aliphatic rings. The average molecular weight is 418 g/mol. The highest BCUT2D eigenvalue weighted by Crippen LogP contribution is 2.10. The predicted molar refractivity (Wildman–Crippen MR) is 116 cm³/mol. The van der Waals surface area contributed by atoms with Gasteiger partial charge < -0.3 is 9.73 Å². The molecule has 0 aliphatic carbocycles. The van der Waals surface area contributed by atoms with Crippen LogP contribution in [0.4, 0.5) is 0 Å². The van der Waals surface area contributed by atoms with Crippen molar-refractivity contribution in [2.24, 2.45) is 0 Å². The molecule has 0 fully saturated rings. The van der Waals surface area contributed by atoms with Gasteiger partial charge in [0.15, 0.2) is 5.65 Å². The van der Waals surface area contributed by atoms with Crippen molar-refractivity contribution in [3.63, 3.8) is 0 Å². The van der Waals surface area contributed by atoms with E-state index in [4.69, 9.17) is 4.42 Å². The van der Waals surface area contributed by atoms with Crippen molar-refractivity contribution in [3.05, 3.63) is 99.1 Å². The molecule has 4 aromatic rings. The molecule has 4 rings (SSSR count). The number of aromatic nitrogens is 3. The molecule has 1 atom stereocenters. The second-order valence-corrected chi connectivity index (χ2v) is 7.37. The van der Waals surface area contributed by atoms with Gasteiger partial charge in [0.2, 0.25) is 5.91 Å². The summed E-state index contributed by atoms with van der Waals surface area (Å²) in [5.41, 5.74) is 0.180. The molecule has 31 heavy (non-hydrogen) atoms. The van der Waals surface area contributed by atoms with Crippen LogP contribution in [0.2, 0.25) is 0 Å². The summed E-state index contributed by atoms with van der Waals surface area (Å²) in [5, 5.41) is 2.84. The minimum Gasteiger partial charge on any atom is -0.469 e. The lowest BCUT2D eigenvalue weighted by Gasteiger charge is -2.16. The van der Waals surface area contributed by atoms with Crippen LogP contribution < -0.4 is 16.4 Å². The van der Waals surface area contributed by atoms with Crippen molar-refractivity contribution in [2.75, 3.05) is 0 Å². The van der Waals surface area contributed by atoms with Crippen LogP contribution in [0.5, 0.6) is 0 Å². The predicted octanol–water partition coefficient (Wildman–Crippen LogP) is 1.95. The van der Waals surface area contributed by atoms with E-state index < -0.39 is 11.1 Å². The van der Waals surface area contributed by atoms with Crippen molar-refractivity contribution in [1.29, 1.82) is 0 Å². The monoisotopic (exact) mass is 418 g/mol. The number of fused-ring (bicyclic) bond motifs is 1. The first-order chi connectivity index (χ1) is 15.0. The topological polar surface area (TPSA) is 99.1 Å². The Balaban J connectivity index is 1.63. The molecule has 0 aliphatic heterocycles. The number of benzene rings is 1. The fourth-order valence-corrected chi connectivity index (χ4v) is 3.56. The van der Waals surface area contributed by atoms with Gasteiger partial charge in [-0.05, 0) is 36.8 Å². The van der Waals surface area contributed by atoms with Crippen LogP contribution in [0.3, 0.4) is 0 Å². The van der Waals surface area contributed by atoms with Crippen molar-refractivity contribution in [2.45, 2.75) is 32.5 Å².